The monoisotopic (exact) mass is 304 g/mol. The molecule has 0 radical (unpaired) electrons. The van der Waals surface area contributed by atoms with Crippen LogP contribution in [0.15, 0.2) is 36.4 Å². The second-order valence-electron chi connectivity index (χ2n) is 4.82. The minimum Gasteiger partial charge on any atom is -0.439 e. The third-order valence-electron chi connectivity index (χ3n) is 3.18. The van der Waals surface area contributed by atoms with Gasteiger partial charge in [-0.2, -0.15) is 0 Å². The summed E-state index contributed by atoms with van der Waals surface area (Å²) < 4.78 is 5.90. The molecule has 112 valence electrons. The van der Waals surface area contributed by atoms with Crippen molar-refractivity contribution in [3.8, 4) is 11.6 Å². The van der Waals surface area contributed by atoms with E-state index in [1.165, 1.54) is 5.56 Å². The highest BCUT2D eigenvalue weighted by molar-refractivity contribution is 6.31. The van der Waals surface area contributed by atoms with Crippen LogP contribution < -0.4 is 10.1 Å². The molecule has 0 fully saturated rings. The number of rotatable bonds is 7. The highest BCUT2D eigenvalue weighted by atomic mass is 35.5. The van der Waals surface area contributed by atoms with Crippen LogP contribution in [0.1, 0.15) is 31.5 Å². The van der Waals surface area contributed by atoms with Gasteiger partial charge in [-0.3, -0.25) is 0 Å². The Hall–Kier alpha value is -1.58. The van der Waals surface area contributed by atoms with Crippen LogP contribution in [0.5, 0.6) is 11.6 Å². The Morgan fingerprint density at radius 3 is 2.71 bits per heavy atom. The zero-order chi connectivity index (χ0) is 15.1. The first kappa shape index (κ1) is 15.8. The second kappa shape index (κ2) is 8.01. The Morgan fingerprint density at radius 2 is 1.95 bits per heavy atom. The number of pyridine rings is 1. The van der Waals surface area contributed by atoms with Gasteiger partial charge in [0, 0.05) is 12.6 Å². The molecule has 1 aromatic carbocycles. The smallest absolute Gasteiger partial charge is 0.219 e. The number of benzene rings is 1. The summed E-state index contributed by atoms with van der Waals surface area (Å²) in [7, 11) is 0. The summed E-state index contributed by atoms with van der Waals surface area (Å²) in [6.07, 6.45) is 2.01. The Kier molecular flexibility index (Phi) is 6.03. The van der Waals surface area contributed by atoms with E-state index in [2.05, 4.69) is 30.2 Å². The van der Waals surface area contributed by atoms with Gasteiger partial charge in [-0.25, -0.2) is 4.98 Å². The molecule has 0 spiro atoms. The fourth-order valence-electron chi connectivity index (χ4n) is 2.04. The van der Waals surface area contributed by atoms with Crippen molar-refractivity contribution < 1.29 is 4.74 Å². The summed E-state index contributed by atoms with van der Waals surface area (Å²) in [5.74, 6) is 1.43. The molecule has 0 atom stereocenters. The van der Waals surface area contributed by atoms with E-state index in [1.54, 1.807) is 6.07 Å². The summed E-state index contributed by atoms with van der Waals surface area (Å²) in [4.78, 5) is 4.50. The lowest BCUT2D eigenvalue weighted by Crippen LogP contribution is -2.15. The van der Waals surface area contributed by atoms with Gasteiger partial charge in [-0.05, 0) is 37.1 Å². The Bertz CT molecular complexity index is 587. The number of para-hydroxylation sites is 1. The standard InChI is InChI=1S/C17H21ClN2O/c1-3-11-19-12-15-14(18)9-10-17(20-15)21-16-8-6-5-7-13(16)4-2/h5-10,19H,3-4,11-12H2,1-2H3. The molecule has 0 aliphatic heterocycles. The number of nitrogens with one attached hydrogen (secondary N) is 1. The lowest BCUT2D eigenvalue weighted by atomic mass is 10.1. The average molecular weight is 305 g/mol. The molecule has 0 unspecified atom stereocenters. The first-order valence-corrected chi connectivity index (χ1v) is 7.74. The van der Waals surface area contributed by atoms with Crippen LogP contribution in [-0.2, 0) is 13.0 Å². The summed E-state index contributed by atoms with van der Waals surface area (Å²) >= 11 is 6.18. The molecule has 1 N–H and O–H groups in total. The van der Waals surface area contributed by atoms with Crippen molar-refractivity contribution in [1.29, 1.82) is 0 Å². The molecule has 1 heterocycles. The Balaban J connectivity index is 2.15. The van der Waals surface area contributed by atoms with Crippen molar-refractivity contribution in [2.24, 2.45) is 0 Å². The number of hydrogen-bond donors (Lipinski definition) is 1. The summed E-state index contributed by atoms with van der Waals surface area (Å²) in [6.45, 7) is 5.84. The number of aryl methyl sites for hydroxylation is 1. The largest absolute Gasteiger partial charge is 0.439 e. The zero-order valence-electron chi connectivity index (χ0n) is 12.5. The van der Waals surface area contributed by atoms with Crippen molar-refractivity contribution in [2.45, 2.75) is 33.2 Å². The first-order valence-electron chi connectivity index (χ1n) is 7.36. The van der Waals surface area contributed by atoms with Gasteiger partial charge in [0.25, 0.3) is 0 Å². The fourth-order valence-corrected chi connectivity index (χ4v) is 2.21. The molecule has 0 bridgehead atoms. The Morgan fingerprint density at radius 1 is 1.14 bits per heavy atom. The SMILES string of the molecule is CCCNCc1nc(Oc2ccccc2CC)ccc1Cl. The Labute approximate surface area is 131 Å². The molecule has 21 heavy (non-hydrogen) atoms. The normalized spacial score (nSPS) is 10.6. The van der Waals surface area contributed by atoms with Crippen molar-refractivity contribution >= 4 is 11.6 Å². The highest BCUT2D eigenvalue weighted by Gasteiger charge is 2.07. The number of halogens is 1. The summed E-state index contributed by atoms with van der Waals surface area (Å²) in [5.41, 5.74) is 1.98. The van der Waals surface area contributed by atoms with Crippen LogP contribution in [0.25, 0.3) is 0 Å². The maximum absolute atomic E-state index is 6.18. The highest BCUT2D eigenvalue weighted by Crippen LogP contribution is 2.26. The summed E-state index contributed by atoms with van der Waals surface area (Å²) in [6, 6.07) is 11.6. The number of nitrogens with zero attached hydrogens (tertiary/aromatic N) is 1. The molecule has 0 aliphatic carbocycles. The lowest BCUT2D eigenvalue weighted by molar-refractivity contribution is 0.454. The number of hydrogen-bond acceptors (Lipinski definition) is 3. The third kappa shape index (κ3) is 4.45. The molecule has 3 nitrogen and oxygen atoms in total. The van der Waals surface area contributed by atoms with Gasteiger partial charge < -0.3 is 10.1 Å². The van der Waals surface area contributed by atoms with E-state index in [0.29, 0.717) is 17.4 Å². The number of aromatic nitrogens is 1. The van der Waals surface area contributed by atoms with Crippen LogP contribution in [0.4, 0.5) is 0 Å². The average Bonchev–Trinajstić information content (AvgIpc) is 2.51. The van der Waals surface area contributed by atoms with Gasteiger partial charge in [-0.1, -0.05) is 43.6 Å². The van der Waals surface area contributed by atoms with Crippen LogP contribution in [-0.4, -0.2) is 11.5 Å². The first-order chi connectivity index (χ1) is 10.2. The van der Waals surface area contributed by atoms with Crippen molar-refractivity contribution in [2.75, 3.05) is 6.54 Å². The molecule has 0 amide bonds. The summed E-state index contributed by atoms with van der Waals surface area (Å²) in [5, 5.41) is 3.97. The van der Waals surface area contributed by atoms with Gasteiger partial charge in [0.15, 0.2) is 0 Å². The van der Waals surface area contributed by atoms with E-state index >= 15 is 0 Å². The molecule has 0 aliphatic rings. The third-order valence-corrected chi connectivity index (χ3v) is 3.52. The fraction of sp³-hybridized carbons (Fsp3) is 0.353. The van der Waals surface area contributed by atoms with Gasteiger partial charge in [0.05, 0.1) is 10.7 Å². The van der Waals surface area contributed by atoms with E-state index in [4.69, 9.17) is 16.3 Å². The molecule has 2 rings (SSSR count). The van der Waals surface area contributed by atoms with Crippen LogP contribution in [0.3, 0.4) is 0 Å². The molecule has 1 aromatic heterocycles. The maximum Gasteiger partial charge on any atom is 0.219 e. The van der Waals surface area contributed by atoms with E-state index in [0.717, 1.165) is 30.8 Å². The minimum absolute atomic E-state index is 0.577. The van der Waals surface area contributed by atoms with Crippen molar-refractivity contribution in [3.05, 3.63) is 52.7 Å². The van der Waals surface area contributed by atoms with Gasteiger partial charge in [-0.15, -0.1) is 0 Å². The molecular formula is C17H21ClN2O. The minimum atomic E-state index is 0.577. The van der Waals surface area contributed by atoms with Crippen molar-refractivity contribution in [3.63, 3.8) is 0 Å². The molecule has 4 heteroatoms. The van der Waals surface area contributed by atoms with Crippen molar-refractivity contribution in [1.82, 2.24) is 10.3 Å². The van der Waals surface area contributed by atoms with E-state index in [9.17, 15) is 0 Å². The predicted octanol–water partition coefficient (Wildman–Crippen LogP) is 4.59. The zero-order valence-corrected chi connectivity index (χ0v) is 13.3. The van der Waals surface area contributed by atoms with E-state index in [1.807, 2.05) is 24.3 Å². The predicted molar refractivity (Wildman–Crippen MR) is 87.1 cm³/mol. The molecular weight excluding hydrogens is 284 g/mol. The van der Waals surface area contributed by atoms with Crippen LogP contribution in [0, 0.1) is 0 Å². The maximum atomic E-state index is 6.18. The number of ether oxygens (including phenoxy) is 1. The quantitative estimate of drug-likeness (QED) is 0.760. The topological polar surface area (TPSA) is 34.2 Å². The van der Waals surface area contributed by atoms with E-state index < -0.39 is 0 Å². The van der Waals surface area contributed by atoms with Crippen LogP contribution in [0.2, 0.25) is 5.02 Å². The van der Waals surface area contributed by atoms with Gasteiger partial charge in [0.2, 0.25) is 5.88 Å². The van der Waals surface area contributed by atoms with Gasteiger partial charge >= 0.3 is 0 Å². The lowest BCUT2D eigenvalue weighted by Gasteiger charge is -2.11. The van der Waals surface area contributed by atoms with Gasteiger partial charge in [0.1, 0.15) is 5.75 Å². The second-order valence-corrected chi connectivity index (χ2v) is 5.23. The van der Waals surface area contributed by atoms with E-state index in [-0.39, 0.29) is 0 Å². The molecule has 0 saturated carbocycles. The molecule has 0 saturated heterocycles. The molecule has 2 aromatic rings. The van der Waals surface area contributed by atoms with Crippen LogP contribution >= 0.6 is 11.6 Å².